The predicted molar refractivity (Wildman–Crippen MR) is 78.1 cm³/mol. The van der Waals surface area contributed by atoms with Crippen molar-refractivity contribution in [3.05, 3.63) is 35.8 Å². The summed E-state index contributed by atoms with van der Waals surface area (Å²) in [7, 11) is 3.95. The molecule has 5 nitrogen and oxygen atoms in total. The summed E-state index contributed by atoms with van der Waals surface area (Å²) in [6, 6.07) is 3.99. The van der Waals surface area contributed by atoms with Gasteiger partial charge >= 0.3 is 0 Å². The lowest BCUT2D eigenvalue weighted by Gasteiger charge is -2.19. The molecule has 5 heteroatoms. The van der Waals surface area contributed by atoms with E-state index in [4.69, 9.17) is 5.73 Å². The van der Waals surface area contributed by atoms with Crippen LogP contribution >= 0.6 is 0 Å². The predicted octanol–water partition coefficient (Wildman–Crippen LogP) is 2.16. The third kappa shape index (κ3) is 2.70. The van der Waals surface area contributed by atoms with Crippen LogP contribution in [0.3, 0.4) is 0 Å². The molecule has 2 aromatic heterocycles. The van der Waals surface area contributed by atoms with E-state index in [0.717, 1.165) is 29.3 Å². The number of rotatable bonds is 4. The number of aromatic nitrogens is 3. The van der Waals surface area contributed by atoms with E-state index in [1.165, 1.54) is 0 Å². The van der Waals surface area contributed by atoms with Crippen LogP contribution in [0.4, 0.5) is 11.5 Å². The number of anilines is 2. The third-order valence-electron chi connectivity index (χ3n) is 3.13. The molecule has 0 bridgehead atoms. The summed E-state index contributed by atoms with van der Waals surface area (Å²) >= 11 is 0. The molecule has 2 aromatic rings. The summed E-state index contributed by atoms with van der Waals surface area (Å²) in [5, 5.41) is 4.51. The Labute approximate surface area is 114 Å². The largest absolute Gasteiger partial charge is 0.394 e. The molecule has 0 radical (unpaired) electrons. The average Bonchev–Trinajstić information content (AvgIpc) is 2.66. The first-order valence-electron chi connectivity index (χ1n) is 6.43. The molecule has 0 atom stereocenters. The standard InChI is InChI=1S/C14H21N5/c1-10(2)13-12(15)14(19(4)17-13)18(3)9-11-6-5-7-16-8-11/h5-8,10H,9,15H2,1-4H3. The van der Waals surface area contributed by atoms with Gasteiger partial charge in [-0.1, -0.05) is 19.9 Å². The van der Waals surface area contributed by atoms with Gasteiger partial charge in [0.2, 0.25) is 0 Å². The first-order chi connectivity index (χ1) is 9.00. The molecule has 0 saturated carbocycles. The van der Waals surface area contributed by atoms with Crippen molar-refractivity contribution in [1.29, 1.82) is 0 Å². The topological polar surface area (TPSA) is 60.0 Å². The molecular formula is C14H21N5. The zero-order chi connectivity index (χ0) is 14.0. The first kappa shape index (κ1) is 13.4. The maximum absolute atomic E-state index is 6.22. The van der Waals surface area contributed by atoms with Crippen LogP contribution in [-0.4, -0.2) is 21.8 Å². The van der Waals surface area contributed by atoms with Gasteiger partial charge in [0.25, 0.3) is 0 Å². The van der Waals surface area contributed by atoms with Crippen molar-refractivity contribution in [2.45, 2.75) is 26.3 Å². The Balaban J connectivity index is 2.27. The Hall–Kier alpha value is -2.04. The lowest BCUT2D eigenvalue weighted by molar-refractivity contribution is 0.698. The van der Waals surface area contributed by atoms with E-state index in [0.29, 0.717) is 5.92 Å². The molecule has 0 amide bonds. The minimum absolute atomic E-state index is 0.326. The Morgan fingerprint density at radius 3 is 2.68 bits per heavy atom. The molecule has 0 unspecified atom stereocenters. The molecule has 0 fully saturated rings. The molecular weight excluding hydrogens is 238 g/mol. The molecule has 0 spiro atoms. The molecule has 2 rings (SSSR count). The highest BCUT2D eigenvalue weighted by molar-refractivity contribution is 5.66. The summed E-state index contributed by atoms with van der Waals surface area (Å²) in [6.45, 7) is 4.96. The van der Waals surface area contributed by atoms with Gasteiger partial charge in [0.05, 0.1) is 11.4 Å². The maximum Gasteiger partial charge on any atom is 0.150 e. The molecule has 2 heterocycles. The number of hydrogen-bond donors (Lipinski definition) is 1. The van der Waals surface area contributed by atoms with Crippen molar-refractivity contribution in [1.82, 2.24) is 14.8 Å². The summed E-state index contributed by atoms with van der Waals surface area (Å²) in [5.74, 6) is 1.28. The molecule has 2 N–H and O–H groups in total. The number of pyridine rings is 1. The van der Waals surface area contributed by atoms with Crippen molar-refractivity contribution in [2.75, 3.05) is 17.7 Å². The van der Waals surface area contributed by atoms with Crippen molar-refractivity contribution in [2.24, 2.45) is 7.05 Å². The second kappa shape index (κ2) is 5.30. The van der Waals surface area contributed by atoms with Crippen LogP contribution in [0.15, 0.2) is 24.5 Å². The van der Waals surface area contributed by atoms with Crippen LogP contribution in [0, 0.1) is 0 Å². The monoisotopic (exact) mass is 259 g/mol. The van der Waals surface area contributed by atoms with Crippen molar-refractivity contribution in [3.63, 3.8) is 0 Å². The van der Waals surface area contributed by atoms with Crippen LogP contribution in [0.25, 0.3) is 0 Å². The van der Waals surface area contributed by atoms with Crippen molar-refractivity contribution >= 4 is 11.5 Å². The fourth-order valence-electron chi connectivity index (χ4n) is 2.27. The highest BCUT2D eigenvalue weighted by Crippen LogP contribution is 2.30. The smallest absolute Gasteiger partial charge is 0.150 e. The lowest BCUT2D eigenvalue weighted by atomic mass is 10.1. The van der Waals surface area contributed by atoms with E-state index in [2.05, 4.69) is 34.9 Å². The minimum atomic E-state index is 0.326. The van der Waals surface area contributed by atoms with E-state index in [9.17, 15) is 0 Å². The Bertz CT molecular complexity index is 544. The summed E-state index contributed by atoms with van der Waals surface area (Å²) in [4.78, 5) is 6.23. The molecule has 0 aromatic carbocycles. The average molecular weight is 259 g/mol. The van der Waals surface area contributed by atoms with Crippen LogP contribution in [0.5, 0.6) is 0 Å². The van der Waals surface area contributed by atoms with E-state index in [1.807, 2.05) is 31.0 Å². The van der Waals surface area contributed by atoms with Gasteiger partial charge in [-0.2, -0.15) is 5.10 Å². The number of nitrogen functional groups attached to an aromatic ring is 1. The number of aryl methyl sites for hydroxylation is 1. The molecule has 19 heavy (non-hydrogen) atoms. The van der Waals surface area contributed by atoms with Crippen molar-refractivity contribution in [3.8, 4) is 0 Å². The summed E-state index contributed by atoms with van der Waals surface area (Å²) in [5.41, 5.74) is 9.09. The molecule has 102 valence electrons. The number of nitrogens with zero attached hydrogens (tertiary/aromatic N) is 4. The Morgan fingerprint density at radius 2 is 2.16 bits per heavy atom. The normalized spacial score (nSPS) is 11.0. The van der Waals surface area contributed by atoms with Gasteiger partial charge in [0.1, 0.15) is 5.82 Å². The summed E-state index contributed by atoms with van der Waals surface area (Å²) in [6.07, 6.45) is 3.64. The molecule has 0 saturated heterocycles. The van der Waals surface area contributed by atoms with Gasteiger partial charge < -0.3 is 10.6 Å². The second-order valence-electron chi connectivity index (χ2n) is 5.12. The molecule has 0 aliphatic heterocycles. The fraction of sp³-hybridized carbons (Fsp3) is 0.429. The van der Waals surface area contributed by atoms with E-state index >= 15 is 0 Å². The second-order valence-corrected chi connectivity index (χ2v) is 5.12. The Morgan fingerprint density at radius 1 is 1.42 bits per heavy atom. The molecule has 0 aliphatic carbocycles. The molecule has 0 aliphatic rings. The van der Waals surface area contributed by atoms with Gasteiger partial charge in [-0.3, -0.25) is 9.67 Å². The van der Waals surface area contributed by atoms with Crippen LogP contribution in [0.1, 0.15) is 31.0 Å². The van der Waals surface area contributed by atoms with E-state index in [1.54, 1.807) is 6.20 Å². The van der Waals surface area contributed by atoms with Crippen LogP contribution in [0.2, 0.25) is 0 Å². The number of nitrogens with two attached hydrogens (primary N) is 1. The minimum Gasteiger partial charge on any atom is -0.394 e. The lowest BCUT2D eigenvalue weighted by Crippen LogP contribution is -2.20. The SMILES string of the molecule is CC(C)c1nn(C)c(N(C)Cc2cccnc2)c1N. The highest BCUT2D eigenvalue weighted by Gasteiger charge is 2.18. The quantitative estimate of drug-likeness (QED) is 0.914. The zero-order valence-electron chi connectivity index (χ0n) is 12.0. The fourth-order valence-corrected chi connectivity index (χ4v) is 2.27. The van der Waals surface area contributed by atoms with E-state index < -0.39 is 0 Å². The highest BCUT2D eigenvalue weighted by atomic mass is 15.4. The zero-order valence-corrected chi connectivity index (χ0v) is 12.0. The maximum atomic E-state index is 6.22. The third-order valence-corrected chi connectivity index (χ3v) is 3.13. The first-order valence-corrected chi connectivity index (χ1v) is 6.43. The van der Waals surface area contributed by atoms with Gasteiger partial charge in [-0.15, -0.1) is 0 Å². The van der Waals surface area contributed by atoms with Gasteiger partial charge in [-0.05, 0) is 17.5 Å². The van der Waals surface area contributed by atoms with Crippen LogP contribution < -0.4 is 10.6 Å². The van der Waals surface area contributed by atoms with Gasteiger partial charge in [-0.25, -0.2) is 0 Å². The van der Waals surface area contributed by atoms with Crippen LogP contribution in [-0.2, 0) is 13.6 Å². The summed E-state index contributed by atoms with van der Waals surface area (Å²) < 4.78 is 1.85. The van der Waals surface area contributed by atoms with Gasteiger partial charge in [0.15, 0.2) is 0 Å². The number of hydrogen-bond acceptors (Lipinski definition) is 4. The van der Waals surface area contributed by atoms with Gasteiger partial charge in [0, 0.05) is 33.0 Å². The Kier molecular flexibility index (Phi) is 3.74. The van der Waals surface area contributed by atoms with Crippen molar-refractivity contribution < 1.29 is 0 Å². The van der Waals surface area contributed by atoms with E-state index in [-0.39, 0.29) is 0 Å².